The fourth-order valence-electron chi connectivity index (χ4n) is 5.62. The monoisotopic (exact) mass is 446 g/mol. The molecule has 2 fully saturated rings. The molecular formula is C22H30N4O4S. The molecule has 4 rings (SSSR count). The molecule has 0 bridgehead atoms. The predicted molar refractivity (Wildman–Crippen MR) is 116 cm³/mol. The van der Waals surface area contributed by atoms with E-state index in [4.69, 9.17) is 0 Å². The average molecular weight is 447 g/mol. The first-order chi connectivity index (χ1) is 14.6. The van der Waals surface area contributed by atoms with Gasteiger partial charge < -0.3 is 5.32 Å². The number of carbonyl (C=O) groups is 4. The van der Waals surface area contributed by atoms with Crippen molar-refractivity contribution in [2.45, 2.75) is 71.3 Å². The second-order valence-electron chi connectivity index (χ2n) is 10.0. The summed E-state index contributed by atoms with van der Waals surface area (Å²) in [6, 6.07) is 1.33. The molecule has 9 heteroatoms. The minimum absolute atomic E-state index is 0.0767. The second-order valence-corrected chi connectivity index (χ2v) is 11.2. The molecule has 1 aromatic heterocycles. The molecule has 168 valence electrons. The van der Waals surface area contributed by atoms with E-state index in [1.807, 2.05) is 6.07 Å². The van der Waals surface area contributed by atoms with Crippen molar-refractivity contribution in [2.75, 3.05) is 6.54 Å². The lowest BCUT2D eigenvalue weighted by Gasteiger charge is -2.43. The van der Waals surface area contributed by atoms with Crippen molar-refractivity contribution in [1.82, 2.24) is 21.1 Å². The molecule has 1 aromatic rings. The first-order valence-corrected chi connectivity index (χ1v) is 11.8. The van der Waals surface area contributed by atoms with Crippen LogP contribution in [-0.2, 0) is 22.4 Å². The highest BCUT2D eigenvalue weighted by molar-refractivity contribution is 7.14. The van der Waals surface area contributed by atoms with Gasteiger partial charge in [-0.2, -0.15) is 0 Å². The van der Waals surface area contributed by atoms with Gasteiger partial charge in [0.1, 0.15) is 12.1 Å². The van der Waals surface area contributed by atoms with Crippen LogP contribution in [0.3, 0.4) is 0 Å². The van der Waals surface area contributed by atoms with Crippen LogP contribution in [0.5, 0.6) is 0 Å². The zero-order valence-corrected chi connectivity index (χ0v) is 19.1. The van der Waals surface area contributed by atoms with Crippen molar-refractivity contribution >= 4 is 35.1 Å². The number of hydrogen-bond acceptors (Lipinski definition) is 5. The summed E-state index contributed by atoms with van der Waals surface area (Å²) in [7, 11) is 0. The van der Waals surface area contributed by atoms with E-state index in [2.05, 4.69) is 36.9 Å². The second kappa shape index (κ2) is 7.93. The number of carbonyl (C=O) groups excluding carboxylic acids is 4. The van der Waals surface area contributed by atoms with E-state index in [-0.39, 0.29) is 23.1 Å². The molecule has 3 N–H and O–H groups in total. The van der Waals surface area contributed by atoms with Crippen LogP contribution in [0.4, 0.5) is 4.79 Å². The van der Waals surface area contributed by atoms with Crippen molar-refractivity contribution in [1.29, 1.82) is 0 Å². The number of nitrogens with one attached hydrogen (secondary N) is 3. The number of rotatable bonds is 3. The number of nitrogens with zero attached hydrogens (tertiary/aromatic N) is 1. The minimum Gasteiger partial charge on any atom is -0.323 e. The maximum Gasteiger partial charge on any atom is 0.325 e. The number of imide groups is 1. The number of amides is 5. The third-order valence-electron chi connectivity index (χ3n) is 6.46. The molecule has 1 aliphatic heterocycles. The van der Waals surface area contributed by atoms with Crippen LogP contribution in [0.1, 0.15) is 73.0 Å². The Morgan fingerprint density at radius 2 is 1.94 bits per heavy atom. The highest BCUT2D eigenvalue weighted by Crippen LogP contribution is 2.46. The molecule has 1 saturated heterocycles. The van der Waals surface area contributed by atoms with Crippen LogP contribution < -0.4 is 16.2 Å². The molecule has 1 saturated carbocycles. The molecule has 0 aromatic carbocycles. The highest BCUT2D eigenvalue weighted by atomic mass is 32.1. The predicted octanol–water partition coefficient (Wildman–Crippen LogP) is 2.52. The van der Waals surface area contributed by atoms with Crippen molar-refractivity contribution < 1.29 is 19.2 Å². The first kappa shape index (κ1) is 21.8. The summed E-state index contributed by atoms with van der Waals surface area (Å²) in [6.45, 7) is 5.84. The lowest BCUT2D eigenvalue weighted by Crippen LogP contribution is -2.54. The maximum atomic E-state index is 13.1. The van der Waals surface area contributed by atoms with E-state index in [0.717, 1.165) is 37.0 Å². The van der Waals surface area contributed by atoms with Crippen molar-refractivity contribution in [3.63, 3.8) is 0 Å². The number of fused-ring (bicyclic) bond motifs is 1. The average Bonchev–Trinajstić information content (AvgIpc) is 3.20. The van der Waals surface area contributed by atoms with Gasteiger partial charge in [-0.25, -0.2) is 4.79 Å². The van der Waals surface area contributed by atoms with Gasteiger partial charge in [0.15, 0.2) is 0 Å². The molecule has 2 aliphatic carbocycles. The standard InChI is InChI=1S/C22H30N4O4S/c1-13-9-21(2,3)12-22(10-13)19(29)26(20(30)23-22)11-17(27)24-25-18(28)16-8-14-6-4-5-7-15(14)31-16/h8,13H,4-7,9-12H2,1-3H3,(H,23,30)(H,24,27)(H,25,28)/t13-,22+/m0/s1. The quantitative estimate of drug-likeness (QED) is 0.490. The number of hydrazine groups is 1. The molecule has 0 radical (unpaired) electrons. The van der Waals surface area contributed by atoms with E-state index < -0.39 is 24.0 Å². The fraction of sp³-hybridized carbons (Fsp3) is 0.636. The van der Waals surface area contributed by atoms with Gasteiger partial charge in [0.25, 0.3) is 17.7 Å². The zero-order valence-electron chi connectivity index (χ0n) is 18.3. The fourth-order valence-corrected chi connectivity index (χ4v) is 6.77. The van der Waals surface area contributed by atoms with Gasteiger partial charge >= 0.3 is 6.03 Å². The van der Waals surface area contributed by atoms with Crippen LogP contribution in [0.15, 0.2) is 6.07 Å². The molecule has 31 heavy (non-hydrogen) atoms. The lowest BCUT2D eigenvalue weighted by molar-refractivity contribution is -0.137. The largest absolute Gasteiger partial charge is 0.325 e. The van der Waals surface area contributed by atoms with Gasteiger partial charge in [0.05, 0.1) is 4.88 Å². The van der Waals surface area contributed by atoms with E-state index in [1.165, 1.54) is 21.8 Å². The summed E-state index contributed by atoms with van der Waals surface area (Å²) in [5.41, 5.74) is 4.93. The molecule has 1 spiro atoms. The van der Waals surface area contributed by atoms with Crippen LogP contribution >= 0.6 is 11.3 Å². The Balaban J connectivity index is 1.35. The van der Waals surface area contributed by atoms with E-state index in [9.17, 15) is 19.2 Å². The Morgan fingerprint density at radius 3 is 2.65 bits per heavy atom. The molecule has 8 nitrogen and oxygen atoms in total. The summed E-state index contributed by atoms with van der Waals surface area (Å²) in [4.78, 5) is 53.2. The van der Waals surface area contributed by atoms with E-state index >= 15 is 0 Å². The summed E-state index contributed by atoms with van der Waals surface area (Å²) in [5.74, 6) is -1.06. The van der Waals surface area contributed by atoms with Gasteiger partial charge in [0.2, 0.25) is 0 Å². The van der Waals surface area contributed by atoms with Gasteiger partial charge in [-0.1, -0.05) is 20.8 Å². The highest BCUT2D eigenvalue weighted by Gasteiger charge is 2.56. The molecule has 2 heterocycles. The van der Waals surface area contributed by atoms with Crippen molar-refractivity contribution in [3.8, 4) is 0 Å². The summed E-state index contributed by atoms with van der Waals surface area (Å²) < 4.78 is 0. The third kappa shape index (κ3) is 4.33. The summed E-state index contributed by atoms with van der Waals surface area (Å²) >= 11 is 1.45. The number of aryl methyl sites for hydroxylation is 2. The number of hydrogen-bond donors (Lipinski definition) is 3. The first-order valence-electron chi connectivity index (χ1n) is 10.9. The molecule has 5 amide bonds. The smallest absolute Gasteiger partial charge is 0.323 e. The van der Waals surface area contributed by atoms with Crippen molar-refractivity contribution in [2.24, 2.45) is 11.3 Å². The topological polar surface area (TPSA) is 108 Å². The van der Waals surface area contributed by atoms with E-state index in [1.54, 1.807) is 0 Å². The van der Waals surface area contributed by atoms with Crippen LogP contribution in [0.2, 0.25) is 0 Å². The maximum absolute atomic E-state index is 13.1. The van der Waals surface area contributed by atoms with Gasteiger partial charge in [-0.3, -0.25) is 30.1 Å². The van der Waals surface area contributed by atoms with Crippen LogP contribution in [-0.4, -0.2) is 40.7 Å². The van der Waals surface area contributed by atoms with Crippen molar-refractivity contribution in [3.05, 3.63) is 21.4 Å². The number of thiophene rings is 1. The Labute approximate surface area is 186 Å². The summed E-state index contributed by atoms with van der Waals surface area (Å²) in [5, 5.41) is 2.85. The molecular weight excluding hydrogens is 416 g/mol. The SMILES string of the molecule is C[C@H]1CC(C)(C)C[C@@]2(C1)NC(=O)N(CC(=O)NNC(=O)c1cc3c(s1)CCCC3)C2=O. The third-order valence-corrected chi connectivity index (χ3v) is 7.70. The lowest BCUT2D eigenvalue weighted by atomic mass is 9.64. The van der Waals surface area contributed by atoms with Crippen LogP contribution in [0.25, 0.3) is 0 Å². The van der Waals surface area contributed by atoms with Crippen LogP contribution in [0, 0.1) is 11.3 Å². The zero-order chi connectivity index (χ0) is 22.4. The van der Waals surface area contributed by atoms with Gasteiger partial charge in [0, 0.05) is 4.88 Å². The Hall–Kier alpha value is -2.42. The summed E-state index contributed by atoms with van der Waals surface area (Å²) in [6.07, 6.45) is 6.33. The Kier molecular flexibility index (Phi) is 5.57. The molecule has 0 unspecified atom stereocenters. The van der Waals surface area contributed by atoms with E-state index in [0.29, 0.717) is 17.7 Å². The minimum atomic E-state index is -0.947. The normalized spacial score (nSPS) is 27.1. The van der Waals surface area contributed by atoms with Gasteiger partial charge in [-0.15, -0.1) is 11.3 Å². The molecule has 2 atom stereocenters. The Morgan fingerprint density at radius 1 is 1.19 bits per heavy atom. The number of urea groups is 1. The van der Waals surface area contributed by atoms with Gasteiger partial charge in [-0.05, 0) is 67.9 Å². The molecule has 3 aliphatic rings. The Bertz CT molecular complexity index is 916.